The molecule has 3 aromatic carbocycles. The average Bonchev–Trinajstić information content (AvgIpc) is 2.88. The van der Waals surface area contributed by atoms with Crippen molar-refractivity contribution in [3.8, 4) is 0 Å². The molecule has 1 atom stereocenters. The van der Waals surface area contributed by atoms with Crippen molar-refractivity contribution in [1.29, 1.82) is 0 Å². The molecule has 4 heteroatoms. The molecule has 188 valence electrons. The molecule has 0 aliphatic rings. The molecular formula is C31H40ClNO2. The van der Waals surface area contributed by atoms with Crippen molar-refractivity contribution in [1.82, 2.24) is 5.32 Å². The van der Waals surface area contributed by atoms with Gasteiger partial charge in [0.25, 0.3) is 0 Å². The maximum Gasteiger partial charge on any atom is 0.307 e. The monoisotopic (exact) mass is 493 g/mol. The summed E-state index contributed by atoms with van der Waals surface area (Å²) < 4.78 is 6.17. The number of ether oxygens (including phenoxy) is 1. The van der Waals surface area contributed by atoms with E-state index in [0.29, 0.717) is 17.9 Å². The van der Waals surface area contributed by atoms with Gasteiger partial charge in [0, 0.05) is 23.4 Å². The zero-order valence-electron chi connectivity index (χ0n) is 21.3. The highest BCUT2D eigenvalue weighted by Gasteiger charge is 2.34. The van der Waals surface area contributed by atoms with E-state index in [4.69, 9.17) is 16.3 Å². The Kier molecular flexibility index (Phi) is 11.1. The van der Waals surface area contributed by atoms with Crippen molar-refractivity contribution in [2.45, 2.75) is 83.3 Å². The Labute approximate surface area is 216 Å². The van der Waals surface area contributed by atoms with Gasteiger partial charge in [-0.25, -0.2) is 0 Å². The van der Waals surface area contributed by atoms with Gasteiger partial charge in [-0.15, -0.1) is 0 Å². The minimum Gasteiger partial charge on any atom is -0.440 e. The summed E-state index contributed by atoms with van der Waals surface area (Å²) in [4.78, 5) is 12.9. The van der Waals surface area contributed by atoms with E-state index in [1.165, 1.54) is 48.4 Å². The van der Waals surface area contributed by atoms with Crippen LogP contribution in [0.1, 0.15) is 82.3 Å². The minimum absolute atomic E-state index is 0.145. The summed E-state index contributed by atoms with van der Waals surface area (Å²) in [5.74, 6) is -0.145. The molecule has 0 fully saturated rings. The largest absolute Gasteiger partial charge is 0.440 e. The van der Waals surface area contributed by atoms with Crippen LogP contribution in [0.25, 0.3) is 10.8 Å². The second-order valence-electron chi connectivity index (χ2n) is 9.46. The van der Waals surface area contributed by atoms with Crippen molar-refractivity contribution in [2.75, 3.05) is 7.05 Å². The molecule has 0 bridgehead atoms. The summed E-state index contributed by atoms with van der Waals surface area (Å²) in [6.07, 6.45) is 11.2. The fraction of sp³-hybridized carbons (Fsp3) is 0.452. The molecule has 0 spiro atoms. The molecule has 0 amide bonds. The first-order valence-electron chi connectivity index (χ1n) is 13.2. The van der Waals surface area contributed by atoms with Gasteiger partial charge in [-0.05, 0) is 54.8 Å². The highest BCUT2D eigenvalue weighted by atomic mass is 35.5. The number of unbranched alkanes of at least 4 members (excludes halogenated alkanes) is 6. The normalized spacial score (nSPS) is 13.0. The summed E-state index contributed by atoms with van der Waals surface area (Å²) >= 11 is 6.14. The van der Waals surface area contributed by atoms with Gasteiger partial charge in [-0.1, -0.05) is 112 Å². The van der Waals surface area contributed by atoms with Crippen LogP contribution in [-0.2, 0) is 21.7 Å². The third-order valence-corrected chi connectivity index (χ3v) is 7.05. The lowest BCUT2D eigenvalue weighted by molar-refractivity contribution is -0.166. The second kappa shape index (κ2) is 14.3. The summed E-state index contributed by atoms with van der Waals surface area (Å²) in [5, 5.41) is 6.51. The molecule has 35 heavy (non-hydrogen) atoms. The van der Waals surface area contributed by atoms with Crippen LogP contribution in [0.5, 0.6) is 0 Å². The lowest BCUT2D eigenvalue weighted by Crippen LogP contribution is -2.44. The number of nitrogens with one attached hydrogen (secondary N) is 1. The van der Waals surface area contributed by atoms with Gasteiger partial charge in [0.1, 0.15) is 0 Å². The molecule has 0 saturated heterocycles. The number of benzene rings is 3. The fourth-order valence-electron chi connectivity index (χ4n) is 4.70. The van der Waals surface area contributed by atoms with E-state index in [0.717, 1.165) is 31.2 Å². The summed E-state index contributed by atoms with van der Waals surface area (Å²) in [7, 11) is 1.87. The molecule has 1 N–H and O–H groups in total. The summed E-state index contributed by atoms with van der Waals surface area (Å²) in [6.45, 7) is 2.23. The number of aryl methyl sites for hydroxylation is 1. The zero-order valence-corrected chi connectivity index (χ0v) is 22.1. The highest BCUT2D eigenvalue weighted by molar-refractivity contribution is 6.30. The Bertz CT molecular complexity index is 1050. The van der Waals surface area contributed by atoms with E-state index < -0.39 is 5.72 Å². The van der Waals surface area contributed by atoms with Gasteiger partial charge < -0.3 is 4.74 Å². The van der Waals surface area contributed by atoms with Crippen molar-refractivity contribution >= 4 is 28.3 Å². The molecule has 0 radical (unpaired) electrons. The molecule has 0 heterocycles. The van der Waals surface area contributed by atoms with Crippen LogP contribution in [0.2, 0.25) is 5.02 Å². The predicted octanol–water partition coefficient (Wildman–Crippen LogP) is 8.57. The fourth-order valence-corrected chi connectivity index (χ4v) is 4.83. The topological polar surface area (TPSA) is 38.3 Å². The van der Waals surface area contributed by atoms with Gasteiger partial charge in [-0.2, -0.15) is 0 Å². The first kappa shape index (κ1) is 27.2. The maximum atomic E-state index is 12.9. The number of carbonyl (C=O) groups excluding carboxylic acids is 1. The summed E-state index contributed by atoms with van der Waals surface area (Å²) in [6, 6.07) is 22.7. The van der Waals surface area contributed by atoms with Gasteiger partial charge in [-0.3, -0.25) is 10.1 Å². The molecule has 1 unspecified atom stereocenters. The van der Waals surface area contributed by atoms with Crippen LogP contribution >= 0.6 is 11.6 Å². The van der Waals surface area contributed by atoms with Gasteiger partial charge >= 0.3 is 5.97 Å². The van der Waals surface area contributed by atoms with E-state index in [1.807, 2.05) is 31.3 Å². The van der Waals surface area contributed by atoms with E-state index in [9.17, 15) is 4.79 Å². The molecule has 0 aromatic heterocycles. The van der Waals surface area contributed by atoms with Crippen LogP contribution in [-0.4, -0.2) is 13.0 Å². The van der Waals surface area contributed by atoms with Crippen LogP contribution in [0.3, 0.4) is 0 Å². The third kappa shape index (κ3) is 8.37. The molecule has 3 rings (SSSR count). The molecule has 3 aromatic rings. The van der Waals surface area contributed by atoms with Gasteiger partial charge in [0.15, 0.2) is 5.72 Å². The number of fused-ring (bicyclic) bond motifs is 1. The first-order chi connectivity index (χ1) is 17.1. The minimum atomic E-state index is -0.861. The quantitative estimate of drug-likeness (QED) is 0.131. The highest BCUT2D eigenvalue weighted by Crippen LogP contribution is 2.31. The zero-order chi connectivity index (χ0) is 24.9. The summed E-state index contributed by atoms with van der Waals surface area (Å²) in [5.41, 5.74) is 1.36. The van der Waals surface area contributed by atoms with Crippen LogP contribution in [0.15, 0.2) is 66.7 Å². The third-order valence-electron chi connectivity index (χ3n) is 6.80. The number of carbonyl (C=O) groups is 1. The standard InChI is InChI=1S/C31H40ClNO2/c1-3-4-5-6-7-8-9-16-30(34)35-31(33-2,28-19-21-29(32)22-20-28)23-12-13-25-17-18-26-14-10-11-15-27(26)24-25/h10-11,14-15,17-22,24,33H,3-9,12-13,16,23H2,1-2H3. The Morgan fingerprint density at radius 3 is 2.26 bits per heavy atom. The molecule has 0 saturated carbocycles. The van der Waals surface area contributed by atoms with Crippen LogP contribution in [0, 0.1) is 0 Å². The van der Waals surface area contributed by atoms with E-state index in [1.54, 1.807) is 0 Å². The van der Waals surface area contributed by atoms with E-state index in [-0.39, 0.29) is 5.97 Å². The maximum absolute atomic E-state index is 12.9. The smallest absolute Gasteiger partial charge is 0.307 e. The first-order valence-corrected chi connectivity index (χ1v) is 13.6. The average molecular weight is 494 g/mol. The number of rotatable bonds is 15. The Balaban J connectivity index is 1.62. The Morgan fingerprint density at radius 2 is 1.54 bits per heavy atom. The van der Waals surface area contributed by atoms with Gasteiger partial charge in [0.2, 0.25) is 0 Å². The molecule has 3 nitrogen and oxygen atoms in total. The van der Waals surface area contributed by atoms with Crippen molar-refractivity contribution < 1.29 is 9.53 Å². The SMILES string of the molecule is CCCCCCCCCC(=O)OC(CCCc1ccc2ccccc2c1)(NC)c1ccc(Cl)cc1. The number of hydrogen-bond donors (Lipinski definition) is 1. The van der Waals surface area contributed by atoms with Crippen LogP contribution in [0.4, 0.5) is 0 Å². The predicted molar refractivity (Wildman–Crippen MR) is 148 cm³/mol. The molecular weight excluding hydrogens is 454 g/mol. The Hall–Kier alpha value is -2.36. The van der Waals surface area contributed by atoms with E-state index in [2.05, 4.69) is 54.7 Å². The Morgan fingerprint density at radius 1 is 0.857 bits per heavy atom. The lowest BCUT2D eigenvalue weighted by atomic mass is 9.94. The number of esters is 1. The molecule has 0 aliphatic carbocycles. The van der Waals surface area contributed by atoms with Crippen molar-refractivity contribution in [3.05, 3.63) is 82.9 Å². The van der Waals surface area contributed by atoms with Crippen LogP contribution < -0.4 is 5.32 Å². The molecule has 0 aliphatic heterocycles. The number of halogens is 1. The lowest BCUT2D eigenvalue weighted by Gasteiger charge is -2.34. The van der Waals surface area contributed by atoms with E-state index >= 15 is 0 Å². The number of hydrogen-bond acceptors (Lipinski definition) is 3. The van der Waals surface area contributed by atoms with Crippen molar-refractivity contribution in [2.24, 2.45) is 0 Å². The second-order valence-corrected chi connectivity index (χ2v) is 9.90. The van der Waals surface area contributed by atoms with Crippen molar-refractivity contribution in [3.63, 3.8) is 0 Å². The van der Waals surface area contributed by atoms with Gasteiger partial charge in [0.05, 0.1) is 0 Å².